The van der Waals surface area contributed by atoms with E-state index in [9.17, 15) is 14.4 Å². The van der Waals surface area contributed by atoms with Crippen LogP contribution in [0.3, 0.4) is 0 Å². The molecule has 0 spiro atoms. The maximum atomic E-state index is 13.0. The molecule has 0 radical (unpaired) electrons. The van der Waals surface area contributed by atoms with Crippen LogP contribution in [-0.2, 0) is 22.7 Å². The van der Waals surface area contributed by atoms with Gasteiger partial charge in [0.2, 0.25) is 11.8 Å². The third-order valence-electron chi connectivity index (χ3n) is 7.61. The lowest BCUT2D eigenvalue weighted by Gasteiger charge is -2.43. The van der Waals surface area contributed by atoms with E-state index in [2.05, 4.69) is 66.5 Å². The molecule has 6 heteroatoms. The Labute approximate surface area is 194 Å². The standard InChI is InChI=1S/C27H31N3O3/c1-17-12-21(13-18(2)29(17)15-19-6-4-3-5-7-19)20-8-9-23-22(14-20)16-30(27(23)33)24-10-11-25(31)28-26(24)32/h3-9,14,17-18,21,24H,10-13,15-16H2,1-2H3,(H,28,31,32). The number of nitrogens with one attached hydrogen (secondary N) is 1. The number of benzene rings is 2. The number of piperidine rings is 2. The summed E-state index contributed by atoms with van der Waals surface area (Å²) in [5.74, 6) is -0.275. The molecule has 2 aromatic rings. The number of carbonyl (C=O) groups excluding carboxylic acids is 3. The molecule has 0 bridgehead atoms. The largest absolute Gasteiger partial charge is 0.322 e. The van der Waals surface area contributed by atoms with E-state index in [1.54, 1.807) is 4.90 Å². The normalized spacial score (nSPS) is 28.1. The van der Waals surface area contributed by atoms with Crippen molar-refractivity contribution in [1.82, 2.24) is 15.1 Å². The molecule has 1 N–H and O–H groups in total. The number of hydrogen-bond donors (Lipinski definition) is 1. The van der Waals surface area contributed by atoms with Crippen LogP contribution in [0.4, 0.5) is 0 Å². The number of rotatable bonds is 4. The molecular formula is C27H31N3O3. The smallest absolute Gasteiger partial charge is 0.255 e. The van der Waals surface area contributed by atoms with E-state index in [-0.39, 0.29) is 24.1 Å². The summed E-state index contributed by atoms with van der Waals surface area (Å²) in [6, 6.07) is 17.2. The Morgan fingerprint density at radius 2 is 1.70 bits per heavy atom. The lowest BCUT2D eigenvalue weighted by molar-refractivity contribution is -0.136. The van der Waals surface area contributed by atoms with Crippen molar-refractivity contribution in [2.45, 2.75) is 76.7 Å². The van der Waals surface area contributed by atoms with Crippen LogP contribution in [0.2, 0.25) is 0 Å². The van der Waals surface area contributed by atoms with Crippen molar-refractivity contribution < 1.29 is 14.4 Å². The Bertz CT molecular complexity index is 1070. The molecule has 3 aliphatic heterocycles. The van der Waals surface area contributed by atoms with Crippen LogP contribution >= 0.6 is 0 Å². The number of carbonyl (C=O) groups is 3. The van der Waals surface area contributed by atoms with Crippen LogP contribution in [0.25, 0.3) is 0 Å². The van der Waals surface area contributed by atoms with Crippen molar-refractivity contribution in [3.8, 4) is 0 Å². The van der Waals surface area contributed by atoms with Crippen molar-refractivity contribution in [3.63, 3.8) is 0 Å². The van der Waals surface area contributed by atoms with E-state index in [1.807, 2.05) is 6.07 Å². The van der Waals surface area contributed by atoms with Crippen molar-refractivity contribution in [2.75, 3.05) is 0 Å². The molecule has 33 heavy (non-hydrogen) atoms. The van der Waals surface area contributed by atoms with Gasteiger partial charge in [0.05, 0.1) is 0 Å². The summed E-state index contributed by atoms with van der Waals surface area (Å²) in [5.41, 5.74) is 4.31. The van der Waals surface area contributed by atoms with E-state index < -0.39 is 6.04 Å². The Balaban J connectivity index is 1.29. The quantitative estimate of drug-likeness (QED) is 0.730. The topological polar surface area (TPSA) is 69.7 Å². The predicted octanol–water partition coefficient (Wildman–Crippen LogP) is 3.60. The second kappa shape index (κ2) is 8.75. The van der Waals surface area contributed by atoms with Crippen LogP contribution < -0.4 is 5.32 Å². The van der Waals surface area contributed by atoms with Gasteiger partial charge in [-0.2, -0.15) is 0 Å². The maximum Gasteiger partial charge on any atom is 0.255 e. The molecular weight excluding hydrogens is 414 g/mol. The Morgan fingerprint density at radius 3 is 2.39 bits per heavy atom. The number of fused-ring (bicyclic) bond motifs is 1. The molecule has 0 aliphatic carbocycles. The van der Waals surface area contributed by atoms with Crippen molar-refractivity contribution >= 4 is 17.7 Å². The first-order valence-electron chi connectivity index (χ1n) is 12.0. The van der Waals surface area contributed by atoms with Gasteiger partial charge in [0.15, 0.2) is 0 Å². The second-order valence-electron chi connectivity index (χ2n) is 9.84. The fourth-order valence-electron chi connectivity index (χ4n) is 5.85. The highest BCUT2D eigenvalue weighted by Gasteiger charge is 2.39. The second-order valence-corrected chi connectivity index (χ2v) is 9.84. The predicted molar refractivity (Wildman–Crippen MR) is 125 cm³/mol. The average molecular weight is 446 g/mol. The third-order valence-corrected chi connectivity index (χ3v) is 7.61. The van der Waals surface area contributed by atoms with Gasteiger partial charge in [-0.05, 0) is 61.8 Å². The first-order chi connectivity index (χ1) is 15.9. The highest BCUT2D eigenvalue weighted by Crippen LogP contribution is 2.38. The maximum absolute atomic E-state index is 13.0. The van der Waals surface area contributed by atoms with E-state index in [0.29, 0.717) is 36.5 Å². The molecule has 6 nitrogen and oxygen atoms in total. The van der Waals surface area contributed by atoms with Gasteiger partial charge in [-0.25, -0.2) is 0 Å². The number of hydrogen-bond acceptors (Lipinski definition) is 4. The highest BCUT2D eigenvalue weighted by molar-refractivity contribution is 6.05. The molecule has 2 aromatic carbocycles. The molecule has 172 valence electrons. The van der Waals surface area contributed by atoms with Gasteiger partial charge in [0.1, 0.15) is 6.04 Å². The van der Waals surface area contributed by atoms with Crippen LogP contribution in [0.1, 0.15) is 72.5 Å². The average Bonchev–Trinajstić information content (AvgIpc) is 3.12. The molecule has 2 saturated heterocycles. The third kappa shape index (κ3) is 4.20. The molecule has 3 aliphatic rings. The first-order valence-corrected chi connectivity index (χ1v) is 12.0. The molecule has 0 aromatic heterocycles. The summed E-state index contributed by atoms with van der Waals surface area (Å²) in [5, 5.41) is 2.37. The Morgan fingerprint density at radius 1 is 0.970 bits per heavy atom. The fraction of sp³-hybridized carbons (Fsp3) is 0.444. The molecule has 3 amide bonds. The van der Waals surface area contributed by atoms with Crippen LogP contribution in [0.15, 0.2) is 48.5 Å². The van der Waals surface area contributed by atoms with Gasteiger partial charge >= 0.3 is 0 Å². The fourth-order valence-corrected chi connectivity index (χ4v) is 5.85. The Kier molecular flexibility index (Phi) is 5.79. The van der Waals surface area contributed by atoms with Gasteiger partial charge in [0, 0.05) is 37.2 Å². The van der Waals surface area contributed by atoms with Gasteiger partial charge in [0.25, 0.3) is 5.91 Å². The lowest BCUT2D eigenvalue weighted by Crippen LogP contribution is -2.52. The highest BCUT2D eigenvalue weighted by atomic mass is 16.2. The van der Waals surface area contributed by atoms with E-state index >= 15 is 0 Å². The zero-order valence-electron chi connectivity index (χ0n) is 19.3. The molecule has 2 fully saturated rings. The zero-order chi connectivity index (χ0) is 23.1. The van der Waals surface area contributed by atoms with Gasteiger partial charge in [-0.15, -0.1) is 0 Å². The summed E-state index contributed by atoms with van der Waals surface area (Å²) < 4.78 is 0. The number of imide groups is 1. The van der Waals surface area contributed by atoms with Gasteiger partial charge in [-0.1, -0.05) is 42.5 Å². The SMILES string of the molecule is CC1CC(c2ccc3c(c2)CN(C2CCC(=O)NC2=O)C3=O)CC(C)N1Cc1ccccc1. The van der Waals surface area contributed by atoms with Crippen LogP contribution in [0.5, 0.6) is 0 Å². The van der Waals surface area contributed by atoms with Crippen LogP contribution in [0, 0.1) is 0 Å². The van der Waals surface area contributed by atoms with Gasteiger partial charge in [-0.3, -0.25) is 24.6 Å². The van der Waals surface area contributed by atoms with Crippen molar-refractivity contribution in [2.24, 2.45) is 0 Å². The minimum Gasteiger partial charge on any atom is -0.322 e. The van der Waals surface area contributed by atoms with E-state index in [1.165, 1.54) is 11.1 Å². The summed E-state index contributed by atoms with van der Waals surface area (Å²) in [6.45, 7) is 6.03. The van der Waals surface area contributed by atoms with E-state index in [0.717, 1.165) is 24.9 Å². The van der Waals surface area contributed by atoms with Crippen molar-refractivity contribution in [3.05, 3.63) is 70.8 Å². The minimum atomic E-state index is -0.563. The summed E-state index contributed by atoms with van der Waals surface area (Å²) in [6.07, 6.45) is 2.84. The monoisotopic (exact) mass is 445 g/mol. The zero-order valence-corrected chi connectivity index (χ0v) is 19.3. The van der Waals surface area contributed by atoms with Gasteiger partial charge < -0.3 is 4.90 Å². The number of amides is 3. The van der Waals surface area contributed by atoms with Crippen LogP contribution in [-0.4, -0.2) is 45.6 Å². The number of likely N-dealkylation sites (tertiary alicyclic amines) is 1. The molecule has 3 heterocycles. The first kappa shape index (κ1) is 21.8. The van der Waals surface area contributed by atoms with Crippen molar-refractivity contribution in [1.29, 1.82) is 0 Å². The summed E-state index contributed by atoms with van der Waals surface area (Å²) in [7, 11) is 0. The lowest BCUT2D eigenvalue weighted by atomic mass is 9.81. The molecule has 0 saturated carbocycles. The van der Waals surface area contributed by atoms with E-state index in [4.69, 9.17) is 0 Å². The number of nitrogens with zero attached hydrogens (tertiary/aromatic N) is 2. The molecule has 3 unspecified atom stereocenters. The summed E-state index contributed by atoms with van der Waals surface area (Å²) >= 11 is 0. The molecule has 3 atom stereocenters. The Hall–Kier alpha value is -2.99. The summed E-state index contributed by atoms with van der Waals surface area (Å²) in [4.78, 5) is 41.0. The minimum absolute atomic E-state index is 0.106. The molecule has 5 rings (SSSR count).